The van der Waals surface area contributed by atoms with Crippen LogP contribution in [-0.4, -0.2) is 47.6 Å². The zero-order chi connectivity index (χ0) is 28.2. The van der Waals surface area contributed by atoms with E-state index in [-0.39, 0.29) is 6.10 Å². The fraction of sp³-hybridized carbons (Fsp3) is 0.344. The smallest absolute Gasteiger partial charge is 0.140 e. The molecule has 3 aromatic rings. The molecule has 0 saturated carbocycles. The summed E-state index contributed by atoms with van der Waals surface area (Å²) in [5, 5.41) is 6.90. The van der Waals surface area contributed by atoms with E-state index in [1.54, 1.807) is 19.5 Å². The maximum atomic E-state index is 6.23. The highest BCUT2D eigenvalue weighted by Crippen LogP contribution is 2.20. The van der Waals surface area contributed by atoms with Crippen molar-refractivity contribution < 1.29 is 4.74 Å². The van der Waals surface area contributed by atoms with Crippen LogP contribution in [0.1, 0.15) is 56.4 Å². The molecule has 8 heteroatoms. The van der Waals surface area contributed by atoms with Crippen LogP contribution in [0.4, 0.5) is 0 Å². The number of hydrogen-bond donors (Lipinski definition) is 3. The van der Waals surface area contributed by atoms with E-state index in [2.05, 4.69) is 75.3 Å². The normalized spacial score (nSPS) is 15.9. The van der Waals surface area contributed by atoms with Gasteiger partial charge in [0.05, 0.1) is 17.6 Å². The van der Waals surface area contributed by atoms with Gasteiger partial charge in [0.25, 0.3) is 0 Å². The number of nitrogens with zero attached hydrogens (tertiary/aromatic N) is 4. The van der Waals surface area contributed by atoms with Gasteiger partial charge in [-0.2, -0.15) is 0 Å². The van der Waals surface area contributed by atoms with Crippen LogP contribution in [-0.2, 0) is 6.54 Å². The van der Waals surface area contributed by atoms with Crippen molar-refractivity contribution in [1.29, 1.82) is 0 Å². The van der Waals surface area contributed by atoms with Crippen molar-refractivity contribution in [3.05, 3.63) is 95.9 Å². The molecule has 8 nitrogen and oxygen atoms in total. The molecule has 1 saturated heterocycles. The van der Waals surface area contributed by atoms with Crippen LogP contribution in [0, 0.1) is 0 Å². The fourth-order valence-electron chi connectivity index (χ4n) is 4.55. The fourth-order valence-corrected chi connectivity index (χ4v) is 4.55. The molecule has 0 radical (unpaired) electrons. The van der Waals surface area contributed by atoms with Crippen LogP contribution in [0.2, 0.25) is 0 Å². The Morgan fingerprint density at radius 3 is 2.75 bits per heavy atom. The van der Waals surface area contributed by atoms with Gasteiger partial charge in [0.15, 0.2) is 0 Å². The number of rotatable bonds is 12. The van der Waals surface area contributed by atoms with Gasteiger partial charge in [0.1, 0.15) is 17.5 Å². The second-order valence-electron chi connectivity index (χ2n) is 9.88. The molecule has 0 bridgehead atoms. The molecule has 0 atom stereocenters. The molecular formula is C32H41N7O. The molecule has 1 aliphatic rings. The molecule has 3 heterocycles. The van der Waals surface area contributed by atoms with Crippen LogP contribution in [0.5, 0.6) is 5.75 Å². The van der Waals surface area contributed by atoms with Crippen LogP contribution in [0.3, 0.4) is 0 Å². The number of allylic oxidation sites excluding steroid dienone is 4. The zero-order valence-corrected chi connectivity index (χ0v) is 23.8. The van der Waals surface area contributed by atoms with Crippen molar-refractivity contribution >= 4 is 23.1 Å². The molecule has 4 N–H and O–H groups in total. The lowest BCUT2D eigenvalue weighted by Gasteiger charge is -2.23. The number of fused-ring (bicyclic) bond motifs is 1. The maximum absolute atomic E-state index is 6.23. The predicted molar refractivity (Wildman–Crippen MR) is 166 cm³/mol. The topological polar surface area (TPSA) is 101 Å². The Balaban J connectivity index is 1.50. The average Bonchev–Trinajstić information content (AvgIpc) is 3.40. The highest BCUT2D eigenvalue weighted by atomic mass is 16.5. The van der Waals surface area contributed by atoms with Crippen molar-refractivity contribution in [3.63, 3.8) is 0 Å². The van der Waals surface area contributed by atoms with Crippen molar-refractivity contribution in [2.45, 2.75) is 52.2 Å². The van der Waals surface area contributed by atoms with Crippen molar-refractivity contribution in [3.8, 4) is 5.75 Å². The number of imidazole rings is 1. The molecule has 0 amide bonds. The first-order valence-corrected chi connectivity index (χ1v) is 14.0. The number of aliphatic imine (C=N–C) groups is 2. The van der Waals surface area contributed by atoms with E-state index in [9.17, 15) is 0 Å². The second kappa shape index (κ2) is 14.8. The number of aromatic nitrogens is 2. The Bertz CT molecular complexity index is 1390. The van der Waals surface area contributed by atoms with E-state index in [1.165, 1.54) is 5.56 Å². The number of hydrogen-bond acceptors (Lipinski definition) is 7. The molecule has 0 unspecified atom stereocenters. The van der Waals surface area contributed by atoms with E-state index in [4.69, 9.17) is 15.5 Å². The summed E-state index contributed by atoms with van der Waals surface area (Å²) in [5.74, 6) is 0.855. The number of pyridine rings is 1. The Morgan fingerprint density at radius 2 is 2.02 bits per heavy atom. The number of unbranched alkanes of at least 4 members (excludes halogenated alkanes) is 1. The number of piperidine rings is 1. The van der Waals surface area contributed by atoms with Crippen molar-refractivity contribution in [1.82, 2.24) is 20.0 Å². The second-order valence-corrected chi connectivity index (χ2v) is 9.88. The first kappa shape index (κ1) is 28.8. The quantitative estimate of drug-likeness (QED) is 0.273. The number of nitrogens with two attached hydrogens (primary N) is 1. The van der Waals surface area contributed by atoms with Crippen LogP contribution < -0.4 is 21.1 Å². The molecule has 1 fully saturated rings. The minimum Gasteiger partial charge on any atom is -0.490 e. The van der Waals surface area contributed by atoms with Crippen LogP contribution >= 0.6 is 0 Å². The molecule has 210 valence electrons. The Labute approximate surface area is 237 Å². The molecule has 0 aliphatic carbocycles. The summed E-state index contributed by atoms with van der Waals surface area (Å²) < 4.78 is 8.29. The Kier molecular flexibility index (Phi) is 10.7. The highest BCUT2D eigenvalue weighted by molar-refractivity contribution is 6.09. The highest BCUT2D eigenvalue weighted by Gasteiger charge is 2.16. The minimum atomic E-state index is 0.246. The van der Waals surface area contributed by atoms with E-state index in [1.807, 2.05) is 30.7 Å². The van der Waals surface area contributed by atoms with Gasteiger partial charge in [-0.3, -0.25) is 14.4 Å². The maximum Gasteiger partial charge on any atom is 0.140 e. The van der Waals surface area contributed by atoms with E-state index in [0.717, 1.165) is 78.4 Å². The van der Waals surface area contributed by atoms with Gasteiger partial charge in [0, 0.05) is 55.7 Å². The van der Waals surface area contributed by atoms with Gasteiger partial charge in [0.2, 0.25) is 0 Å². The van der Waals surface area contributed by atoms with Crippen molar-refractivity contribution in [2.75, 3.05) is 20.1 Å². The number of benzene rings is 1. The number of nitrogens with one attached hydrogen (secondary N) is 2. The average molecular weight is 540 g/mol. The molecule has 1 aliphatic heterocycles. The summed E-state index contributed by atoms with van der Waals surface area (Å²) in [6.07, 6.45) is 17.6. The summed E-state index contributed by atoms with van der Waals surface area (Å²) in [4.78, 5) is 13.6. The summed E-state index contributed by atoms with van der Waals surface area (Å²) >= 11 is 0. The monoisotopic (exact) mass is 539 g/mol. The number of ether oxygens (including phenoxy) is 1. The van der Waals surface area contributed by atoms with Gasteiger partial charge in [-0.25, -0.2) is 4.98 Å². The molecule has 0 spiro atoms. The summed E-state index contributed by atoms with van der Waals surface area (Å²) in [7, 11) is 1.74. The lowest BCUT2D eigenvalue weighted by Crippen LogP contribution is -2.34. The van der Waals surface area contributed by atoms with Crippen LogP contribution in [0.15, 0.2) is 89.0 Å². The van der Waals surface area contributed by atoms with Gasteiger partial charge >= 0.3 is 0 Å². The van der Waals surface area contributed by atoms with Gasteiger partial charge in [-0.15, -0.1) is 0 Å². The molecule has 4 rings (SSSR count). The van der Waals surface area contributed by atoms with E-state index >= 15 is 0 Å². The summed E-state index contributed by atoms with van der Waals surface area (Å²) in [6.45, 7) is 6.90. The third kappa shape index (κ3) is 7.93. The third-order valence-electron chi connectivity index (χ3n) is 6.77. The molecule has 40 heavy (non-hydrogen) atoms. The zero-order valence-electron chi connectivity index (χ0n) is 23.8. The summed E-state index contributed by atoms with van der Waals surface area (Å²) in [6, 6.07) is 12.3. The first-order valence-electron chi connectivity index (χ1n) is 14.0. The molecule has 2 aromatic heterocycles. The summed E-state index contributed by atoms with van der Waals surface area (Å²) in [5.41, 5.74) is 12.4. The minimum absolute atomic E-state index is 0.246. The van der Waals surface area contributed by atoms with E-state index < -0.39 is 0 Å². The van der Waals surface area contributed by atoms with Gasteiger partial charge in [-0.05, 0) is 62.5 Å². The Hall–Kier alpha value is -4.17. The first-order chi connectivity index (χ1) is 19.6. The van der Waals surface area contributed by atoms with Gasteiger partial charge < -0.3 is 21.1 Å². The lowest BCUT2D eigenvalue weighted by molar-refractivity contribution is 0.162. The van der Waals surface area contributed by atoms with Gasteiger partial charge in [-0.1, -0.05) is 43.7 Å². The Morgan fingerprint density at radius 1 is 1.23 bits per heavy atom. The van der Waals surface area contributed by atoms with Crippen LogP contribution in [0.25, 0.3) is 11.2 Å². The third-order valence-corrected chi connectivity index (χ3v) is 6.77. The molecule has 1 aromatic carbocycles. The SMILES string of the molecule is CCC/C=C/N=C(/C=C(\C)NCc1ccc(/C(C=NC)=C/N)cc1)c1cnc2cc(OC3CCNCC3)ccn12. The molecular weight excluding hydrogens is 498 g/mol. The lowest BCUT2D eigenvalue weighted by atomic mass is 10.1. The van der Waals surface area contributed by atoms with E-state index in [0.29, 0.717) is 6.54 Å². The largest absolute Gasteiger partial charge is 0.490 e. The predicted octanol–water partition coefficient (Wildman–Crippen LogP) is 5.26. The standard InChI is InChI=1S/C32H41N7O/c1-4-5-6-14-36-30(18-24(2)37-21-25-7-9-26(10-8-25)27(20-33)22-34-3)31-23-38-32-19-29(13-17-39(31)32)40-28-11-15-35-16-12-28/h6-10,13-14,17-20,22-23,28,35,37H,4-5,11-12,15-16,21,33H2,1-3H3/b14-6+,24-18+,27-20+,34-22?,36-30-. The van der Waals surface area contributed by atoms with Crippen molar-refractivity contribution in [2.24, 2.45) is 15.7 Å².